The van der Waals surface area contributed by atoms with Crippen molar-refractivity contribution >= 4 is 0 Å². The fourth-order valence-corrected chi connectivity index (χ4v) is 1.15. The number of rotatable bonds is 1. The van der Waals surface area contributed by atoms with E-state index in [-0.39, 0.29) is 13.2 Å². The van der Waals surface area contributed by atoms with Crippen molar-refractivity contribution in [3.63, 3.8) is 0 Å². The first-order valence-corrected chi connectivity index (χ1v) is 3.55. The summed E-state index contributed by atoms with van der Waals surface area (Å²) in [5, 5.41) is 38.6. The molecule has 0 unspecified atom stereocenters. The van der Waals surface area contributed by atoms with Crippen LogP contribution in [-0.4, -0.2) is 57.9 Å². The second-order valence-electron chi connectivity index (χ2n) is 2.75. The normalized spacial score (nSPS) is 45.8. The fourth-order valence-electron chi connectivity index (χ4n) is 1.15. The van der Waals surface area contributed by atoms with E-state index in [4.69, 9.17) is 15.3 Å². The van der Waals surface area contributed by atoms with Gasteiger partial charge < -0.3 is 25.7 Å². The van der Waals surface area contributed by atoms with E-state index in [2.05, 4.69) is 5.32 Å². The van der Waals surface area contributed by atoms with E-state index >= 15 is 0 Å². The molecule has 1 aliphatic rings. The molecule has 5 heteroatoms. The lowest BCUT2D eigenvalue weighted by atomic mass is 9.97. The molecule has 66 valence electrons. The Kier molecular flexibility index (Phi) is 2.80. The van der Waals surface area contributed by atoms with Gasteiger partial charge in [-0.3, -0.25) is 0 Å². The zero-order valence-electron chi connectivity index (χ0n) is 6.01. The maximum Gasteiger partial charge on any atom is 0.109 e. The van der Waals surface area contributed by atoms with E-state index in [1.807, 2.05) is 0 Å². The third-order valence-electron chi connectivity index (χ3n) is 1.94. The van der Waals surface area contributed by atoms with Gasteiger partial charge in [-0.15, -0.1) is 0 Å². The Morgan fingerprint density at radius 3 is 2.36 bits per heavy atom. The molecule has 11 heavy (non-hydrogen) atoms. The first kappa shape index (κ1) is 8.89. The molecule has 0 aromatic heterocycles. The van der Waals surface area contributed by atoms with Crippen LogP contribution in [-0.2, 0) is 0 Å². The first-order valence-electron chi connectivity index (χ1n) is 3.55. The average Bonchev–Trinajstić information content (AvgIpc) is 2.01. The van der Waals surface area contributed by atoms with E-state index in [0.717, 1.165) is 0 Å². The molecule has 1 aliphatic heterocycles. The molecule has 0 aromatic rings. The topological polar surface area (TPSA) is 93.0 Å². The zero-order chi connectivity index (χ0) is 8.43. The van der Waals surface area contributed by atoms with Crippen LogP contribution in [0, 0.1) is 0 Å². The molecule has 1 rings (SSSR count). The molecule has 5 nitrogen and oxygen atoms in total. The van der Waals surface area contributed by atoms with Crippen LogP contribution in [0.5, 0.6) is 0 Å². The fraction of sp³-hybridized carbons (Fsp3) is 1.00. The molecule has 0 spiro atoms. The molecule has 1 heterocycles. The van der Waals surface area contributed by atoms with E-state index in [1.54, 1.807) is 0 Å². The van der Waals surface area contributed by atoms with E-state index in [9.17, 15) is 5.11 Å². The third-order valence-corrected chi connectivity index (χ3v) is 1.94. The Morgan fingerprint density at radius 2 is 1.82 bits per heavy atom. The van der Waals surface area contributed by atoms with Crippen LogP contribution in [0.3, 0.4) is 0 Å². The van der Waals surface area contributed by atoms with Crippen molar-refractivity contribution in [2.24, 2.45) is 0 Å². The molecule has 0 bridgehead atoms. The van der Waals surface area contributed by atoms with E-state index < -0.39 is 24.4 Å². The number of piperidine rings is 1. The Hall–Kier alpha value is -0.200. The second kappa shape index (κ2) is 3.46. The van der Waals surface area contributed by atoms with Crippen molar-refractivity contribution in [2.75, 3.05) is 13.2 Å². The quantitative estimate of drug-likeness (QED) is 0.285. The summed E-state index contributed by atoms with van der Waals surface area (Å²) in [6.45, 7) is -0.0472. The van der Waals surface area contributed by atoms with Gasteiger partial charge in [0.25, 0.3) is 0 Å². The van der Waals surface area contributed by atoms with Crippen molar-refractivity contribution in [3.05, 3.63) is 0 Å². The summed E-state index contributed by atoms with van der Waals surface area (Å²) < 4.78 is 0. The molecule has 0 amide bonds. The smallest absolute Gasteiger partial charge is 0.109 e. The second-order valence-corrected chi connectivity index (χ2v) is 2.75. The Labute approximate surface area is 64.3 Å². The highest BCUT2D eigenvalue weighted by molar-refractivity contribution is 4.91. The Morgan fingerprint density at radius 1 is 1.18 bits per heavy atom. The highest BCUT2D eigenvalue weighted by atomic mass is 16.4. The SMILES string of the molecule is OC[C@@H]1NC[C@@H](O)[C@H](O)[C@@H]1O. The number of aliphatic hydroxyl groups is 4. The largest absolute Gasteiger partial charge is 0.395 e. The van der Waals surface area contributed by atoms with Gasteiger partial charge in [-0.1, -0.05) is 0 Å². The maximum absolute atomic E-state index is 9.18. The molecule has 1 fully saturated rings. The van der Waals surface area contributed by atoms with Gasteiger partial charge in [0.1, 0.15) is 6.10 Å². The summed E-state index contributed by atoms with van der Waals surface area (Å²) >= 11 is 0. The zero-order valence-corrected chi connectivity index (χ0v) is 6.01. The molecular weight excluding hydrogens is 150 g/mol. The van der Waals surface area contributed by atoms with Gasteiger partial charge in [0.2, 0.25) is 0 Å². The molecule has 0 radical (unpaired) electrons. The average molecular weight is 163 g/mol. The summed E-state index contributed by atoms with van der Waals surface area (Å²) in [6, 6.07) is -0.534. The van der Waals surface area contributed by atoms with Gasteiger partial charge in [-0.25, -0.2) is 0 Å². The van der Waals surface area contributed by atoms with Crippen LogP contribution in [0.15, 0.2) is 0 Å². The molecular formula is C6H13NO4. The predicted molar refractivity (Wildman–Crippen MR) is 36.9 cm³/mol. The van der Waals surface area contributed by atoms with Crippen molar-refractivity contribution in [1.29, 1.82) is 0 Å². The highest BCUT2D eigenvalue weighted by Crippen LogP contribution is 2.09. The lowest BCUT2D eigenvalue weighted by Gasteiger charge is -2.34. The van der Waals surface area contributed by atoms with Crippen LogP contribution >= 0.6 is 0 Å². The van der Waals surface area contributed by atoms with E-state index in [1.165, 1.54) is 0 Å². The minimum absolute atomic E-state index is 0.198. The lowest BCUT2D eigenvalue weighted by Crippen LogP contribution is -2.60. The van der Waals surface area contributed by atoms with Crippen molar-refractivity contribution < 1.29 is 20.4 Å². The van der Waals surface area contributed by atoms with Gasteiger partial charge in [0.15, 0.2) is 0 Å². The number of β-amino-alcohol motifs (C(OH)–C–C–N with tert-alkyl or cyclic N) is 1. The van der Waals surface area contributed by atoms with Crippen LogP contribution in [0.4, 0.5) is 0 Å². The third kappa shape index (κ3) is 1.69. The van der Waals surface area contributed by atoms with Gasteiger partial charge >= 0.3 is 0 Å². The molecule has 1 saturated heterocycles. The van der Waals surface area contributed by atoms with Crippen LogP contribution < -0.4 is 5.32 Å². The summed E-state index contributed by atoms with van der Waals surface area (Å²) in [5.74, 6) is 0. The predicted octanol–water partition coefficient (Wildman–Crippen LogP) is -2.97. The van der Waals surface area contributed by atoms with Gasteiger partial charge in [0.05, 0.1) is 24.9 Å². The van der Waals surface area contributed by atoms with Gasteiger partial charge in [0, 0.05) is 6.54 Å². The number of hydrogen-bond donors (Lipinski definition) is 5. The molecule has 0 saturated carbocycles. The van der Waals surface area contributed by atoms with Gasteiger partial charge in [-0.05, 0) is 0 Å². The lowest BCUT2D eigenvalue weighted by molar-refractivity contribution is -0.101. The summed E-state index contributed by atoms with van der Waals surface area (Å²) in [5.41, 5.74) is 0. The minimum Gasteiger partial charge on any atom is -0.395 e. The summed E-state index contributed by atoms with van der Waals surface area (Å²) in [7, 11) is 0. The van der Waals surface area contributed by atoms with E-state index in [0.29, 0.717) is 0 Å². The summed E-state index contributed by atoms with van der Waals surface area (Å²) in [4.78, 5) is 0. The van der Waals surface area contributed by atoms with Crippen LogP contribution in [0.2, 0.25) is 0 Å². The van der Waals surface area contributed by atoms with Crippen molar-refractivity contribution in [3.8, 4) is 0 Å². The van der Waals surface area contributed by atoms with Crippen LogP contribution in [0.25, 0.3) is 0 Å². The van der Waals surface area contributed by atoms with Crippen molar-refractivity contribution in [1.82, 2.24) is 5.32 Å². The molecule has 5 N–H and O–H groups in total. The number of aliphatic hydroxyl groups excluding tert-OH is 4. The monoisotopic (exact) mass is 163 g/mol. The van der Waals surface area contributed by atoms with Crippen LogP contribution in [0.1, 0.15) is 0 Å². The molecule has 4 atom stereocenters. The molecule has 0 aliphatic carbocycles. The van der Waals surface area contributed by atoms with Crippen molar-refractivity contribution in [2.45, 2.75) is 24.4 Å². The number of nitrogens with one attached hydrogen (secondary N) is 1. The number of hydrogen-bond acceptors (Lipinski definition) is 5. The molecule has 0 aromatic carbocycles. The first-order chi connectivity index (χ1) is 5.16. The highest BCUT2D eigenvalue weighted by Gasteiger charge is 2.35. The minimum atomic E-state index is -1.16. The maximum atomic E-state index is 9.18. The standard InChI is InChI=1S/C6H13NO4/c8-2-3-5(10)6(11)4(9)1-7-3/h3-11H,1-2H2/t3-,4+,5+,6-/m0/s1. The Bertz CT molecular complexity index is 130. The summed E-state index contributed by atoms with van der Waals surface area (Å²) in [6.07, 6.45) is -3.20. The van der Waals surface area contributed by atoms with Gasteiger partial charge in [-0.2, -0.15) is 0 Å². The Balaban J connectivity index is 2.52.